The van der Waals surface area contributed by atoms with Crippen molar-refractivity contribution in [2.75, 3.05) is 45.1 Å². The first-order chi connectivity index (χ1) is 14.0. The second-order valence-corrected chi connectivity index (χ2v) is 8.08. The summed E-state index contributed by atoms with van der Waals surface area (Å²) in [5, 5.41) is 10.2. The predicted molar refractivity (Wildman–Crippen MR) is 110 cm³/mol. The zero-order chi connectivity index (χ0) is 20.4. The van der Waals surface area contributed by atoms with E-state index in [4.69, 9.17) is 10.5 Å². The molecule has 3 heterocycles. The third kappa shape index (κ3) is 3.80. The maximum Gasteiger partial charge on any atom is 0.254 e. The van der Waals surface area contributed by atoms with E-state index in [0.717, 1.165) is 18.7 Å². The fraction of sp³-hybridized carbons (Fsp3) is 0.455. The van der Waals surface area contributed by atoms with Crippen molar-refractivity contribution in [2.24, 2.45) is 11.3 Å². The normalized spacial score (nSPS) is 23.9. The standard InChI is InChI=1S/C22H28N4O3/c1-2-29-19-7-3-5-16(9-19)21(28)26-12-18-11-25(13-22(18,14-26)15-27)10-17-6-4-8-24-20(17)23/h3-9,18,27H,2,10-15H2,1H3,(H2,23,24)/t18-,22+/m0/s1. The molecule has 154 valence electrons. The van der Waals surface area contributed by atoms with Crippen molar-refractivity contribution >= 4 is 11.7 Å². The van der Waals surface area contributed by atoms with Crippen molar-refractivity contribution in [3.05, 3.63) is 53.7 Å². The van der Waals surface area contributed by atoms with E-state index in [-0.39, 0.29) is 23.8 Å². The van der Waals surface area contributed by atoms with Crippen LogP contribution in [0.2, 0.25) is 0 Å². The van der Waals surface area contributed by atoms with Crippen LogP contribution in [0.15, 0.2) is 42.6 Å². The molecule has 0 aliphatic carbocycles. The minimum atomic E-state index is -0.288. The molecule has 4 rings (SSSR count). The molecular weight excluding hydrogens is 368 g/mol. The first-order valence-corrected chi connectivity index (χ1v) is 10.1. The van der Waals surface area contributed by atoms with Crippen molar-refractivity contribution in [2.45, 2.75) is 13.5 Å². The van der Waals surface area contributed by atoms with E-state index in [0.29, 0.717) is 43.4 Å². The molecule has 0 unspecified atom stereocenters. The minimum absolute atomic E-state index is 0.00293. The van der Waals surface area contributed by atoms with Crippen molar-refractivity contribution in [1.29, 1.82) is 0 Å². The van der Waals surface area contributed by atoms with Crippen molar-refractivity contribution in [3.8, 4) is 5.75 Å². The van der Waals surface area contributed by atoms with Crippen LogP contribution in [0.4, 0.5) is 5.82 Å². The molecule has 2 fully saturated rings. The van der Waals surface area contributed by atoms with Crippen molar-refractivity contribution in [3.63, 3.8) is 0 Å². The van der Waals surface area contributed by atoms with Crippen LogP contribution in [0.1, 0.15) is 22.8 Å². The Morgan fingerprint density at radius 2 is 2.17 bits per heavy atom. The van der Waals surface area contributed by atoms with Crippen LogP contribution in [0, 0.1) is 11.3 Å². The predicted octanol–water partition coefficient (Wildman–Crippen LogP) is 1.63. The van der Waals surface area contributed by atoms with E-state index in [2.05, 4.69) is 9.88 Å². The topological polar surface area (TPSA) is 91.9 Å². The number of aliphatic hydroxyl groups is 1. The van der Waals surface area contributed by atoms with Gasteiger partial charge in [-0.2, -0.15) is 0 Å². The summed E-state index contributed by atoms with van der Waals surface area (Å²) in [6.45, 7) is 6.05. The SMILES string of the molecule is CCOc1cccc(C(=O)N2C[C@@H]3CN(Cc4cccnc4N)C[C@]3(CO)C2)c1. The quantitative estimate of drug-likeness (QED) is 0.771. The summed E-state index contributed by atoms with van der Waals surface area (Å²) in [6.07, 6.45) is 1.69. The number of ether oxygens (including phenoxy) is 1. The third-order valence-corrected chi connectivity index (χ3v) is 6.14. The first kappa shape index (κ1) is 19.7. The largest absolute Gasteiger partial charge is 0.494 e. The van der Waals surface area contributed by atoms with Crippen LogP contribution < -0.4 is 10.5 Å². The number of carbonyl (C=O) groups is 1. The molecule has 29 heavy (non-hydrogen) atoms. The molecule has 0 bridgehead atoms. The Labute approximate surface area is 171 Å². The number of hydrogen-bond donors (Lipinski definition) is 2. The van der Waals surface area contributed by atoms with E-state index in [1.165, 1.54) is 0 Å². The highest BCUT2D eigenvalue weighted by Gasteiger charge is 2.53. The summed E-state index contributed by atoms with van der Waals surface area (Å²) in [6, 6.07) is 11.2. The van der Waals surface area contributed by atoms with Crippen LogP contribution in [-0.2, 0) is 6.54 Å². The number of carbonyl (C=O) groups excluding carboxylic acids is 1. The van der Waals surface area contributed by atoms with Gasteiger partial charge in [-0.15, -0.1) is 0 Å². The first-order valence-electron chi connectivity index (χ1n) is 10.1. The zero-order valence-electron chi connectivity index (χ0n) is 16.8. The molecule has 2 aromatic rings. The average Bonchev–Trinajstić information content (AvgIpc) is 3.24. The van der Waals surface area contributed by atoms with Crippen molar-refractivity contribution < 1.29 is 14.6 Å². The molecule has 7 heteroatoms. The van der Waals surface area contributed by atoms with E-state index in [9.17, 15) is 9.90 Å². The van der Waals surface area contributed by atoms with E-state index in [1.807, 2.05) is 42.2 Å². The number of pyridine rings is 1. The van der Waals surface area contributed by atoms with Gasteiger partial charge in [-0.1, -0.05) is 12.1 Å². The Morgan fingerprint density at radius 1 is 1.31 bits per heavy atom. The maximum atomic E-state index is 13.1. The molecule has 0 saturated carbocycles. The van der Waals surface area contributed by atoms with Gasteiger partial charge >= 0.3 is 0 Å². The molecule has 1 aromatic carbocycles. The maximum absolute atomic E-state index is 13.1. The molecule has 2 aliphatic rings. The van der Waals surface area contributed by atoms with E-state index < -0.39 is 0 Å². The van der Waals surface area contributed by atoms with Gasteiger partial charge in [0.1, 0.15) is 11.6 Å². The van der Waals surface area contributed by atoms with Gasteiger partial charge in [0.2, 0.25) is 0 Å². The van der Waals surface area contributed by atoms with Crippen LogP contribution in [-0.4, -0.2) is 65.2 Å². The molecular formula is C22H28N4O3. The van der Waals surface area contributed by atoms with Gasteiger partial charge in [0.05, 0.1) is 13.2 Å². The van der Waals surface area contributed by atoms with E-state index >= 15 is 0 Å². The number of benzene rings is 1. The Hall–Kier alpha value is -2.64. The van der Waals surface area contributed by atoms with Gasteiger partial charge < -0.3 is 20.5 Å². The van der Waals surface area contributed by atoms with Crippen LogP contribution in [0.5, 0.6) is 5.75 Å². The smallest absolute Gasteiger partial charge is 0.254 e. The molecule has 2 atom stereocenters. The highest BCUT2D eigenvalue weighted by molar-refractivity contribution is 5.94. The number of nitrogen functional groups attached to an aromatic ring is 1. The average molecular weight is 396 g/mol. The molecule has 0 spiro atoms. The lowest BCUT2D eigenvalue weighted by molar-refractivity contribution is 0.0718. The molecule has 1 amide bonds. The van der Waals surface area contributed by atoms with Gasteiger partial charge in [0.25, 0.3) is 5.91 Å². The molecule has 2 saturated heterocycles. The summed E-state index contributed by atoms with van der Waals surface area (Å²) in [5.74, 6) is 1.49. The molecule has 7 nitrogen and oxygen atoms in total. The van der Waals surface area contributed by atoms with Gasteiger partial charge in [0.15, 0.2) is 0 Å². The summed E-state index contributed by atoms with van der Waals surface area (Å²) >= 11 is 0. The highest BCUT2D eigenvalue weighted by Crippen LogP contribution is 2.43. The molecule has 3 N–H and O–H groups in total. The fourth-order valence-electron chi connectivity index (χ4n) is 4.68. The molecule has 2 aliphatic heterocycles. The molecule has 0 radical (unpaired) electrons. The number of hydrogen-bond acceptors (Lipinski definition) is 6. The highest BCUT2D eigenvalue weighted by atomic mass is 16.5. The van der Waals surface area contributed by atoms with Gasteiger partial charge in [-0.05, 0) is 37.1 Å². The van der Waals surface area contributed by atoms with Gasteiger partial charge in [-0.3, -0.25) is 9.69 Å². The second kappa shape index (κ2) is 8.00. The number of rotatable bonds is 6. The van der Waals surface area contributed by atoms with Crippen LogP contribution >= 0.6 is 0 Å². The Morgan fingerprint density at radius 3 is 2.90 bits per heavy atom. The number of aromatic nitrogens is 1. The summed E-state index contributed by atoms with van der Waals surface area (Å²) < 4.78 is 5.52. The van der Waals surface area contributed by atoms with Gasteiger partial charge in [-0.25, -0.2) is 4.98 Å². The van der Waals surface area contributed by atoms with Gasteiger partial charge in [0, 0.05) is 55.5 Å². The fourth-order valence-corrected chi connectivity index (χ4v) is 4.68. The number of aliphatic hydroxyl groups excluding tert-OH is 1. The van der Waals surface area contributed by atoms with E-state index in [1.54, 1.807) is 12.3 Å². The summed E-state index contributed by atoms with van der Waals surface area (Å²) in [5.41, 5.74) is 7.33. The Kier molecular flexibility index (Phi) is 5.43. The second-order valence-electron chi connectivity index (χ2n) is 8.08. The zero-order valence-corrected chi connectivity index (χ0v) is 16.8. The lowest BCUT2D eigenvalue weighted by Gasteiger charge is -2.27. The Bertz CT molecular complexity index is 890. The number of likely N-dealkylation sites (tertiary alicyclic amines) is 2. The van der Waals surface area contributed by atoms with Crippen LogP contribution in [0.25, 0.3) is 0 Å². The number of fused-ring (bicyclic) bond motifs is 1. The summed E-state index contributed by atoms with van der Waals surface area (Å²) in [7, 11) is 0. The number of amides is 1. The Balaban J connectivity index is 1.45. The minimum Gasteiger partial charge on any atom is -0.494 e. The van der Waals surface area contributed by atoms with Crippen molar-refractivity contribution in [1.82, 2.24) is 14.8 Å². The number of nitrogens with zero attached hydrogens (tertiary/aromatic N) is 3. The third-order valence-electron chi connectivity index (χ3n) is 6.14. The van der Waals surface area contributed by atoms with Crippen LogP contribution in [0.3, 0.4) is 0 Å². The number of anilines is 1. The lowest BCUT2D eigenvalue weighted by Crippen LogP contribution is -2.38. The summed E-state index contributed by atoms with van der Waals surface area (Å²) in [4.78, 5) is 21.4. The lowest BCUT2D eigenvalue weighted by atomic mass is 9.82. The molecule has 1 aromatic heterocycles. The monoisotopic (exact) mass is 396 g/mol. The number of nitrogens with two attached hydrogens (primary N) is 1.